The van der Waals surface area contributed by atoms with Crippen LogP contribution >= 0.6 is 0 Å². The van der Waals surface area contributed by atoms with E-state index < -0.39 is 0 Å². The molecule has 0 rings (SSSR count). The molecule has 0 aromatic carbocycles. The van der Waals surface area contributed by atoms with Gasteiger partial charge in [0.15, 0.2) is 0 Å². The summed E-state index contributed by atoms with van der Waals surface area (Å²) in [4.78, 5) is 0. The van der Waals surface area contributed by atoms with E-state index in [1.165, 1.54) is 0 Å². The van der Waals surface area contributed by atoms with Gasteiger partial charge < -0.3 is 9.47 Å². The fourth-order valence-electron chi connectivity index (χ4n) is 0.718. The van der Waals surface area contributed by atoms with Gasteiger partial charge in [-0.3, -0.25) is 0 Å². The number of hydrogen-bond donors (Lipinski definition) is 0. The zero-order chi connectivity index (χ0) is 8.20. The minimum Gasteiger partial charge on any atom is -0.501 e. The average molecular weight is 144 g/mol. The van der Waals surface area contributed by atoms with Crippen molar-refractivity contribution in [3.05, 3.63) is 12.3 Å². The third kappa shape index (κ3) is 2.40. The van der Waals surface area contributed by atoms with Crippen molar-refractivity contribution in [2.45, 2.75) is 13.8 Å². The normalized spacial score (nSPS) is 11.2. The average Bonchev–Trinajstić information content (AvgIpc) is 1.86. The summed E-state index contributed by atoms with van der Waals surface area (Å²) in [6.07, 6.45) is 0. The van der Waals surface area contributed by atoms with Gasteiger partial charge in [0.05, 0.1) is 19.5 Å². The molecular formula is C8H16O2. The van der Waals surface area contributed by atoms with Crippen molar-refractivity contribution in [3.8, 4) is 0 Å². The Labute approximate surface area is 62.8 Å². The topological polar surface area (TPSA) is 18.5 Å². The predicted octanol–water partition coefficient (Wildman–Crippen LogP) is 1.82. The highest BCUT2D eigenvalue weighted by Gasteiger charge is 2.22. The van der Waals surface area contributed by atoms with E-state index in [9.17, 15) is 0 Å². The molecule has 0 saturated heterocycles. The van der Waals surface area contributed by atoms with Crippen LogP contribution in [0.15, 0.2) is 12.3 Å². The molecule has 0 saturated carbocycles. The quantitative estimate of drug-likeness (QED) is 0.560. The highest BCUT2D eigenvalue weighted by Crippen LogP contribution is 2.24. The Bertz CT molecular complexity index is 116. The number of ether oxygens (including phenoxy) is 2. The lowest BCUT2D eigenvalue weighted by atomic mass is 9.93. The van der Waals surface area contributed by atoms with Crippen LogP contribution in [0.1, 0.15) is 13.8 Å². The number of rotatable bonds is 4. The van der Waals surface area contributed by atoms with Crippen LogP contribution in [0.3, 0.4) is 0 Å². The van der Waals surface area contributed by atoms with Gasteiger partial charge in [-0.15, -0.1) is 0 Å². The standard InChI is InChI=1S/C8H16O2/c1-7(10-5)8(2,3)6-9-4/h1,6H2,2-5H3. The molecule has 10 heavy (non-hydrogen) atoms. The highest BCUT2D eigenvalue weighted by molar-refractivity contribution is 4.98. The van der Waals surface area contributed by atoms with Gasteiger partial charge in [-0.2, -0.15) is 0 Å². The monoisotopic (exact) mass is 144 g/mol. The minimum atomic E-state index is -0.0799. The van der Waals surface area contributed by atoms with E-state index in [-0.39, 0.29) is 5.41 Å². The molecule has 0 amide bonds. The first-order valence-corrected chi connectivity index (χ1v) is 3.27. The van der Waals surface area contributed by atoms with Gasteiger partial charge in [-0.1, -0.05) is 20.4 Å². The zero-order valence-electron chi connectivity index (χ0n) is 7.23. The van der Waals surface area contributed by atoms with Gasteiger partial charge in [-0.25, -0.2) is 0 Å². The largest absolute Gasteiger partial charge is 0.501 e. The summed E-state index contributed by atoms with van der Waals surface area (Å²) in [7, 11) is 3.30. The van der Waals surface area contributed by atoms with Crippen LogP contribution in [0, 0.1) is 5.41 Å². The van der Waals surface area contributed by atoms with Gasteiger partial charge >= 0.3 is 0 Å². The van der Waals surface area contributed by atoms with Crippen LogP contribution in [-0.4, -0.2) is 20.8 Å². The fraction of sp³-hybridized carbons (Fsp3) is 0.750. The molecule has 0 aliphatic carbocycles. The number of methoxy groups -OCH3 is 2. The summed E-state index contributed by atoms with van der Waals surface area (Å²) in [5.41, 5.74) is -0.0799. The smallest absolute Gasteiger partial charge is 0.0962 e. The molecule has 0 atom stereocenters. The van der Waals surface area contributed by atoms with E-state index in [0.29, 0.717) is 6.61 Å². The molecule has 0 bridgehead atoms. The second-order valence-electron chi connectivity index (χ2n) is 2.94. The summed E-state index contributed by atoms with van der Waals surface area (Å²) in [6, 6.07) is 0. The van der Waals surface area contributed by atoms with Crippen molar-refractivity contribution in [3.63, 3.8) is 0 Å². The molecule has 2 nitrogen and oxygen atoms in total. The van der Waals surface area contributed by atoms with Crippen LogP contribution in [-0.2, 0) is 9.47 Å². The SMILES string of the molecule is C=C(OC)C(C)(C)COC. The molecule has 0 N–H and O–H groups in total. The van der Waals surface area contributed by atoms with Crippen molar-refractivity contribution in [1.29, 1.82) is 0 Å². The molecule has 0 aromatic rings. The van der Waals surface area contributed by atoms with Gasteiger partial charge in [0.1, 0.15) is 0 Å². The van der Waals surface area contributed by atoms with Crippen molar-refractivity contribution in [2.75, 3.05) is 20.8 Å². The second-order valence-corrected chi connectivity index (χ2v) is 2.94. The summed E-state index contributed by atoms with van der Waals surface area (Å²) in [5.74, 6) is 0.759. The Hall–Kier alpha value is -0.500. The molecule has 60 valence electrons. The highest BCUT2D eigenvalue weighted by atomic mass is 16.5. The number of hydrogen-bond acceptors (Lipinski definition) is 2. The van der Waals surface area contributed by atoms with E-state index in [0.717, 1.165) is 5.76 Å². The first-order chi connectivity index (χ1) is 4.54. The lowest BCUT2D eigenvalue weighted by Crippen LogP contribution is -2.21. The van der Waals surface area contributed by atoms with E-state index in [1.54, 1.807) is 14.2 Å². The Balaban J connectivity index is 3.96. The van der Waals surface area contributed by atoms with Crippen LogP contribution < -0.4 is 0 Å². The Morgan fingerprint density at radius 2 is 1.90 bits per heavy atom. The lowest BCUT2D eigenvalue weighted by Gasteiger charge is -2.24. The van der Waals surface area contributed by atoms with Crippen LogP contribution in [0.4, 0.5) is 0 Å². The van der Waals surface area contributed by atoms with Gasteiger partial charge in [-0.05, 0) is 0 Å². The van der Waals surface area contributed by atoms with Gasteiger partial charge in [0.25, 0.3) is 0 Å². The maximum absolute atomic E-state index is 4.99. The maximum Gasteiger partial charge on any atom is 0.0962 e. The molecule has 0 aliphatic rings. The fourth-order valence-corrected chi connectivity index (χ4v) is 0.718. The summed E-state index contributed by atoms with van der Waals surface area (Å²) in [6.45, 7) is 8.46. The molecule has 0 heterocycles. The van der Waals surface area contributed by atoms with Crippen molar-refractivity contribution < 1.29 is 9.47 Å². The first-order valence-electron chi connectivity index (χ1n) is 3.27. The van der Waals surface area contributed by atoms with E-state index in [1.807, 2.05) is 13.8 Å². The first kappa shape index (κ1) is 9.50. The molecule has 0 aromatic heterocycles. The predicted molar refractivity (Wildman–Crippen MR) is 41.8 cm³/mol. The molecule has 0 radical (unpaired) electrons. The zero-order valence-corrected chi connectivity index (χ0v) is 7.23. The second kappa shape index (κ2) is 3.62. The van der Waals surface area contributed by atoms with Crippen LogP contribution in [0.2, 0.25) is 0 Å². The Kier molecular flexibility index (Phi) is 3.43. The van der Waals surface area contributed by atoms with E-state index in [2.05, 4.69) is 6.58 Å². The Morgan fingerprint density at radius 1 is 1.40 bits per heavy atom. The van der Waals surface area contributed by atoms with Gasteiger partial charge in [0.2, 0.25) is 0 Å². The van der Waals surface area contributed by atoms with Crippen molar-refractivity contribution in [1.82, 2.24) is 0 Å². The van der Waals surface area contributed by atoms with E-state index >= 15 is 0 Å². The third-order valence-electron chi connectivity index (χ3n) is 1.51. The van der Waals surface area contributed by atoms with E-state index in [4.69, 9.17) is 9.47 Å². The summed E-state index contributed by atoms with van der Waals surface area (Å²) in [5, 5.41) is 0. The molecule has 0 fully saturated rings. The molecule has 2 heteroatoms. The molecule has 0 aliphatic heterocycles. The minimum absolute atomic E-state index is 0.0799. The summed E-state index contributed by atoms with van der Waals surface area (Å²) < 4.78 is 9.98. The molecule has 0 unspecified atom stereocenters. The third-order valence-corrected chi connectivity index (χ3v) is 1.51. The maximum atomic E-state index is 4.99. The van der Waals surface area contributed by atoms with Crippen LogP contribution in [0.25, 0.3) is 0 Å². The molecular weight excluding hydrogens is 128 g/mol. The lowest BCUT2D eigenvalue weighted by molar-refractivity contribution is 0.0843. The van der Waals surface area contributed by atoms with Crippen molar-refractivity contribution in [2.24, 2.45) is 5.41 Å². The van der Waals surface area contributed by atoms with Gasteiger partial charge in [0, 0.05) is 12.5 Å². The molecule has 0 spiro atoms. The van der Waals surface area contributed by atoms with Crippen molar-refractivity contribution >= 4 is 0 Å². The summed E-state index contributed by atoms with van der Waals surface area (Å²) >= 11 is 0. The Morgan fingerprint density at radius 3 is 2.20 bits per heavy atom. The van der Waals surface area contributed by atoms with Crippen LogP contribution in [0.5, 0.6) is 0 Å².